The molecule has 2 N–H and O–H groups in total. The SMILES string of the molecule is CC(C)NCCS(=O)(=O)NCC(C)(C)c1cccs1. The molecule has 0 aliphatic carbocycles. The van der Waals surface area contributed by atoms with Gasteiger partial charge in [0.1, 0.15) is 0 Å². The highest BCUT2D eigenvalue weighted by atomic mass is 32.2. The molecule has 0 aliphatic rings. The van der Waals surface area contributed by atoms with E-state index in [1.807, 2.05) is 45.2 Å². The van der Waals surface area contributed by atoms with E-state index in [9.17, 15) is 8.42 Å². The Labute approximate surface area is 120 Å². The van der Waals surface area contributed by atoms with E-state index in [4.69, 9.17) is 0 Å². The third-order valence-corrected chi connectivity index (χ3v) is 5.41. The molecule has 0 bridgehead atoms. The van der Waals surface area contributed by atoms with Crippen molar-refractivity contribution in [1.82, 2.24) is 10.0 Å². The van der Waals surface area contributed by atoms with Gasteiger partial charge in [-0.2, -0.15) is 0 Å². The Balaban J connectivity index is 2.46. The molecule has 6 heteroatoms. The maximum Gasteiger partial charge on any atom is 0.212 e. The van der Waals surface area contributed by atoms with Gasteiger partial charge in [-0.25, -0.2) is 13.1 Å². The molecular formula is C13H24N2O2S2. The van der Waals surface area contributed by atoms with E-state index < -0.39 is 10.0 Å². The summed E-state index contributed by atoms with van der Waals surface area (Å²) >= 11 is 1.66. The molecule has 0 saturated carbocycles. The predicted octanol–water partition coefficient (Wildman–Crippen LogP) is 1.94. The summed E-state index contributed by atoms with van der Waals surface area (Å²) in [6.07, 6.45) is 0. The largest absolute Gasteiger partial charge is 0.313 e. The zero-order valence-electron chi connectivity index (χ0n) is 12.1. The van der Waals surface area contributed by atoms with Gasteiger partial charge in [0, 0.05) is 29.4 Å². The van der Waals surface area contributed by atoms with Crippen LogP contribution < -0.4 is 10.0 Å². The van der Waals surface area contributed by atoms with Crippen molar-refractivity contribution >= 4 is 21.4 Å². The normalized spacial score (nSPS) is 13.1. The van der Waals surface area contributed by atoms with Crippen LogP contribution in [-0.4, -0.2) is 33.3 Å². The van der Waals surface area contributed by atoms with Crippen molar-refractivity contribution in [3.05, 3.63) is 22.4 Å². The highest BCUT2D eigenvalue weighted by Crippen LogP contribution is 2.26. The Hall–Kier alpha value is -0.430. The second-order valence-corrected chi connectivity index (χ2v) is 8.48. The minimum absolute atomic E-state index is 0.117. The number of thiophene rings is 1. The fraction of sp³-hybridized carbons (Fsp3) is 0.692. The zero-order chi connectivity index (χ0) is 14.5. The molecule has 0 unspecified atom stereocenters. The molecule has 0 saturated heterocycles. The van der Waals surface area contributed by atoms with Crippen molar-refractivity contribution in [2.75, 3.05) is 18.8 Å². The van der Waals surface area contributed by atoms with Gasteiger partial charge in [0.2, 0.25) is 10.0 Å². The van der Waals surface area contributed by atoms with Crippen molar-refractivity contribution in [3.63, 3.8) is 0 Å². The van der Waals surface area contributed by atoms with Crippen LogP contribution in [0.3, 0.4) is 0 Å². The molecule has 0 amide bonds. The Bertz CT molecular complexity index is 465. The van der Waals surface area contributed by atoms with Gasteiger partial charge in [-0.05, 0) is 11.4 Å². The predicted molar refractivity (Wildman–Crippen MR) is 82.3 cm³/mol. The van der Waals surface area contributed by atoms with Crippen LogP contribution in [0.4, 0.5) is 0 Å². The van der Waals surface area contributed by atoms with Crippen LogP contribution in [0.25, 0.3) is 0 Å². The van der Waals surface area contributed by atoms with Crippen molar-refractivity contribution in [3.8, 4) is 0 Å². The first-order valence-corrected chi connectivity index (χ1v) is 9.01. The van der Waals surface area contributed by atoms with Gasteiger partial charge in [0.15, 0.2) is 0 Å². The van der Waals surface area contributed by atoms with E-state index in [0.717, 1.165) is 0 Å². The van der Waals surface area contributed by atoms with Gasteiger partial charge >= 0.3 is 0 Å². The average Bonchev–Trinajstić information content (AvgIpc) is 2.80. The van der Waals surface area contributed by atoms with E-state index in [1.165, 1.54) is 4.88 Å². The third kappa shape index (κ3) is 6.03. The second kappa shape index (κ2) is 6.83. The van der Waals surface area contributed by atoms with E-state index in [2.05, 4.69) is 10.0 Å². The lowest BCUT2D eigenvalue weighted by Gasteiger charge is -2.23. The summed E-state index contributed by atoms with van der Waals surface area (Å²) in [5, 5.41) is 5.12. The molecule has 1 aromatic rings. The number of nitrogens with one attached hydrogen (secondary N) is 2. The molecule has 1 aromatic heterocycles. The first-order valence-electron chi connectivity index (χ1n) is 6.48. The van der Waals surface area contributed by atoms with Crippen molar-refractivity contribution in [2.24, 2.45) is 0 Å². The van der Waals surface area contributed by atoms with E-state index >= 15 is 0 Å². The highest BCUT2D eigenvalue weighted by Gasteiger charge is 2.24. The first kappa shape index (κ1) is 16.6. The molecule has 1 heterocycles. The molecule has 0 aliphatic heterocycles. The molecule has 19 heavy (non-hydrogen) atoms. The van der Waals surface area contributed by atoms with Crippen molar-refractivity contribution < 1.29 is 8.42 Å². The van der Waals surface area contributed by atoms with E-state index in [0.29, 0.717) is 19.1 Å². The maximum atomic E-state index is 11.9. The topological polar surface area (TPSA) is 58.2 Å². The van der Waals surface area contributed by atoms with E-state index in [-0.39, 0.29) is 11.2 Å². The number of sulfonamides is 1. The molecule has 110 valence electrons. The summed E-state index contributed by atoms with van der Waals surface area (Å²) in [7, 11) is -3.21. The molecule has 0 atom stereocenters. The minimum Gasteiger partial charge on any atom is -0.313 e. The smallest absolute Gasteiger partial charge is 0.212 e. The second-order valence-electron chi connectivity index (χ2n) is 5.61. The third-order valence-electron chi connectivity index (χ3n) is 2.85. The molecule has 0 radical (unpaired) electrons. The van der Waals surface area contributed by atoms with Crippen LogP contribution >= 0.6 is 11.3 Å². The Morgan fingerprint density at radius 2 is 2.05 bits per heavy atom. The molecule has 0 spiro atoms. The van der Waals surface area contributed by atoms with Gasteiger partial charge in [-0.3, -0.25) is 0 Å². The Morgan fingerprint density at radius 1 is 1.37 bits per heavy atom. The van der Waals surface area contributed by atoms with Crippen LogP contribution in [0.2, 0.25) is 0 Å². The fourth-order valence-corrected chi connectivity index (χ4v) is 3.56. The fourth-order valence-electron chi connectivity index (χ4n) is 1.60. The molecule has 4 nitrogen and oxygen atoms in total. The summed E-state index contributed by atoms with van der Waals surface area (Å²) in [6, 6.07) is 4.33. The quantitative estimate of drug-likeness (QED) is 0.772. The van der Waals surface area contributed by atoms with Crippen molar-refractivity contribution in [2.45, 2.75) is 39.2 Å². The lowest BCUT2D eigenvalue weighted by molar-refractivity contribution is 0.507. The average molecular weight is 304 g/mol. The highest BCUT2D eigenvalue weighted by molar-refractivity contribution is 7.89. The van der Waals surface area contributed by atoms with E-state index in [1.54, 1.807) is 11.3 Å². The number of hydrogen-bond donors (Lipinski definition) is 2. The van der Waals surface area contributed by atoms with Gasteiger partial charge in [0.25, 0.3) is 0 Å². The number of rotatable bonds is 8. The monoisotopic (exact) mass is 304 g/mol. The summed E-state index contributed by atoms with van der Waals surface area (Å²) in [5.74, 6) is 0.117. The van der Waals surface area contributed by atoms with Gasteiger partial charge < -0.3 is 5.32 Å². The van der Waals surface area contributed by atoms with Crippen LogP contribution in [0, 0.1) is 0 Å². The molecule has 0 aromatic carbocycles. The summed E-state index contributed by atoms with van der Waals surface area (Å²) in [6.45, 7) is 9.01. The standard InChI is InChI=1S/C13H24N2O2S2/c1-11(2)14-7-9-19(16,17)15-10-13(3,4)12-6-5-8-18-12/h5-6,8,11,14-15H,7,9-10H2,1-4H3. The lowest BCUT2D eigenvalue weighted by Crippen LogP contribution is -2.40. The van der Waals surface area contributed by atoms with Crippen LogP contribution in [0.1, 0.15) is 32.6 Å². The van der Waals surface area contributed by atoms with Crippen LogP contribution in [-0.2, 0) is 15.4 Å². The van der Waals surface area contributed by atoms with Gasteiger partial charge in [-0.15, -0.1) is 11.3 Å². The maximum absolute atomic E-state index is 11.9. The Kier molecular flexibility index (Phi) is 5.98. The minimum atomic E-state index is -3.21. The zero-order valence-corrected chi connectivity index (χ0v) is 13.7. The lowest BCUT2D eigenvalue weighted by atomic mass is 9.92. The molecular weight excluding hydrogens is 280 g/mol. The molecule has 0 fully saturated rings. The van der Waals surface area contributed by atoms with Gasteiger partial charge in [0.05, 0.1) is 5.75 Å². The summed E-state index contributed by atoms with van der Waals surface area (Å²) in [5.41, 5.74) is -0.174. The first-order chi connectivity index (χ1) is 8.73. The summed E-state index contributed by atoms with van der Waals surface area (Å²) < 4.78 is 26.5. The number of hydrogen-bond acceptors (Lipinski definition) is 4. The van der Waals surface area contributed by atoms with Gasteiger partial charge in [-0.1, -0.05) is 33.8 Å². The van der Waals surface area contributed by atoms with Crippen LogP contribution in [0.5, 0.6) is 0 Å². The van der Waals surface area contributed by atoms with Crippen LogP contribution in [0.15, 0.2) is 17.5 Å². The molecule has 1 rings (SSSR count). The Morgan fingerprint density at radius 3 is 2.58 bits per heavy atom. The summed E-state index contributed by atoms with van der Waals surface area (Å²) in [4.78, 5) is 1.19. The van der Waals surface area contributed by atoms with Crippen molar-refractivity contribution in [1.29, 1.82) is 0 Å².